The van der Waals surface area contributed by atoms with E-state index in [1.165, 1.54) is 11.3 Å². The third kappa shape index (κ3) is 4.73. The summed E-state index contributed by atoms with van der Waals surface area (Å²) in [6, 6.07) is 8.72. The summed E-state index contributed by atoms with van der Waals surface area (Å²) >= 11 is 0. The minimum Gasteiger partial charge on any atom is -0.371 e. The lowest BCUT2D eigenvalue weighted by molar-refractivity contribution is -0.124. The highest BCUT2D eigenvalue weighted by molar-refractivity contribution is 5.82. The topological polar surface area (TPSA) is 58.4 Å². The molecule has 1 saturated heterocycles. The summed E-state index contributed by atoms with van der Waals surface area (Å²) in [5.41, 5.74) is 8.74. The normalized spacial score (nSPS) is 17.9. The first-order valence-electron chi connectivity index (χ1n) is 9.10. The van der Waals surface area contributed by atoms with Crippen molar-refractivity contribution in [2.75, 3.05) is 18.0 Å². The largest absolute Gasteiger partial charge is 0.371 e. The number of carbonyl (C=O) groups excluding carboxylic acids is 1. The van der Waals surface area contributed by atoms with Gasteiger partial charge in [0.05, 0.1) is 6.04 Å². The second-order valence-corrected chi connectivity index (χ2v) is 8.34. The zero-order chi connectivity index (χ0) is 17.9. The van der Waals surface area contributed by atoms with Gasteiger partial charge in [-0.3, -0.25) is 4.79 Å². The number of benzene rings is 1. The van der Waals surface area contributed by atoms with Crippen LogP contribution in [0.2, 0.25) is 0 Å². The van der Waals surface area contributed by atoms with E-state index in [1.807, 2.05) is 13.8 Å². The maximum Gasteiger partial charge on any atom is 0.237 e. The van der Waals surface area contributed by atoms with Gasteiger partial charge >= 0.3 is 0 Å². The Hall–Kier alpha value is -1.55. The molecule has 0 radical (unpaired) electrons. The van der Waals surface area contributed by atoms with Gasteiger partial charge in [-0.25, -0.2) is 0 Å². The molecule has 1 aliphatic rings. The van der Waals surface area contributed by atoms with E-state index in [9.17, 15) is 4.79 Å². The quantitative estimate of drug-likeness (QED) is 0.891. The Kier molecular flexibility index (Phi) is 5.92. The van der Waals surface area contributed by atoms with Gasteiger partial charge in [-0.05, 0) is 41.9 Å². The summed E-state index contributed by atoms with van der Waals surface area (Å²) in [5.74, 6) is 0.157. The van der Waals surface area contributed by atoms with Crippen LogP contribution in [0.4, 0.5) is 5.69 Å². The Balaban J connectivity index is 1.87. The molecule has 24 heavy (non-hydrogen) atoms. The summed E-state index contributed by atoms with van der Waals surface area (Å²) in [5, 5.41) is 3.11. The maximum atomic E-state index is 12.1. The first-order valence-corrected chi connectivity index (χ1v) is 9.10. The SMILES string of the molecule is CC(C)[C@H](N)C(=O)NC1CCN(c2ccc(C(C)(C)C)cc2)CC1. The molecule has 1 aliphatic heterocycles. The van der Waals surface area contributed by atoms with Crippen molar-refractivity contribution in [3.05, 3.63) is 29.8 Å². The third-order valence-corrected chi connectivity index (χ3v) is 4.96. The van der Waals surface area contributed by atoms with Gasteiger partial charge in [0.15, 0.2) is 0 Å². The van der Waals surface area contributed by atoms with Crippen molar-refractivity contribution in [3.63, 3.8) is 0 Å². The number of piperidine rings is 1. The predicted molar refractivity (Wildman–Crippen MR) is 101 cm³/mol. The van der Waals surface area contributed by atoms with Gasteiger partial charge in [0.25, 0.3) is 0 Å². The van der Waals surface area contributed by atoms with E-state index < -0.39 is 6.04 Å². The second kappa shape index (κ2) is 7.56. The van der Waals surface area contributed by atoms with Gasteiger partial charge in [0, 0.05) is 24.8 Å². The Morgan fingerprint density at radius 1 is 1.17 bits per heavy atom. The van der Waals surface area contributed by atoms with Crippen molar-refractivity contribution in [2.24, 2.45) is 11.7 Å². The van der Waals surface area contributed by atoms with Gasteiger partial charge in [-0.1, -0.05) is 46.8 Å². The second-order valence-electron chi connectivity index (χ2n) is 8.34. The van der Waals surface area contributed by atoms with Crippen LogP contribution in [0.15, 0.2) is 24.3 Å². The molecule has 0 aliphatic carbocycles. The molecule has 4 nitrogen and oxygen atoms in total. The molecule has 1 aromatic rings. The number of rotatable bonds is 4. The number of hydrogen-bond acceptors (Lipinski definition) is 3. The van der Waals surface area contributed by atoms with Crippen LogP contribution in [0, 0.1) is 5.92 Å². The summed E-state index contributed by atoms with van der Waals surface area (Å²) in [4.78, 5) is 14.5. The fourth-order valence-electron chi connectivity index (χ4n) is 3.05. The van der Waals surface area contributed by atoms with E-state index in [1.54, 1.807) is 0 Å². The molecule has 1 fully saturated rings. The summed E-state index contributed by atoms with van der Waals surface area (Å²) in [6.45, 7) is 12.6. The first kappa shape index (κ1) is 18.8. The van der Waals surface area contributed by atoms with Crippen molar-refractivity contribution >= 4 is 11.6 Å². The fourth-order valence-corrected chi connectivity index (χ4v) is 3.05. The summed E-state index contributed by atoms with van der Waals surface area (Å²) in [7, 11) is 0. The number of nitrogens with zero attached hydrogens (tertiary/aromatic N) is 1. The Morgan fingerprint density at radius 2 is 1.71 bits per heavy atom. The minimum atomic E-state index is -0.409. The standard InChI is InChI=1S/C20H33N3O/c1-14(2)18(21)19(24)22-16-10-12-23(13-11-16)17-8-6-15(7-9-17)20(3,4)5/h6-9,14,16,18H,10-13,21H2,1-5H3,(H,22,24)/t18-/m0/s1. The van der Waals surface area contributed by atoms with Crippen LogP contribution in [0.1, 0.15) is 53.0 Å². The number of nitrogens with two attached hydrogens (primary N) is 1. The van der Waals surface area contributed by atoms with Crippen molar-refractivity contribution in [2.45, 2.75) is 65.0 Å². The lowest BCUT2D eigenvalue weighted by atomic mass is 9.87. The Morgan fingerprint density at radius 3 is 2.17 bits per heavy atom. The third-order valence-electron chi connectivity index (χ3n) is 4.96. The number of amides is 1. The highest BCUT2D eigenvalue weighted by Gasteiger charge is 2.24. The van der Waals surface area contributed by atoms with Gasteiger partial charge in [-0.15, -0.1) is 0 Å². The molecule has 1 amide bonds. The molecule has 1 atom stereocenters. The zero-order valence-corrected chi connectivity index (χ0v) is 15.8. The molecule has 0 saturated carbocycles. The molecule has 134 valence electrons. The van der Waals surface area contributed by atoms with Crippen molar-refractivity contribution in [1.29, 1.82) is 0 Å². The van der Waals surface area contributed by atoms with Crippen molar-refractivity contribution < 1.29 is 4.79 Å². The first-order chi connectivity index (χ1) is 11.2. The van der Waals surface area contributed by atoms with Crippen molar-refractivity contribution in [3.8, 4) is 0 Å². The Bertz CT molecular complexity index is 537. The number of anilines is 1. The van der Waals surface area contributed by atoms with E-state index in [0.717, 1.165) is 25.9 Å². The van der Waals surface area contributed by atoms with Crippen LogP contribution in [-0.2, 0) is 10.2 Å². The van der Waals surface area contributed by atoms with Crippen LogP contribution in [-0.4, -0.2) is 31.1 Å². The van der Waals surface area contributed by atoms with Gasteiger partial charge in [0.1, 0.15) is 0 Å². The number of nitrogens with one attached hydrogen (secondary N) is 1. The molecular formula is C20H33N3O. The van der Waals surface area contributed by atoms with Crippen LogP contribution in [0.25, 0.3) is 0 Å². The van der Waals surface area contributed by atoms with Crippen LogP contribution < -0.4 is 16.0 Å². The average Bonchev–Trinajstić information content (AvgIpc) is 2.54. The van der Waals surface area contributed by atoms with Crippen LogP contribution in [0.3, 0.4) is 0 Å². The van der Waals surface area contributed by atoms with E-state index in [2.05, 4.69) is 55.3 Å². The number of carbonyl (C=O) groups is 1. The summed E-state index contributed by atoms with van der Waals surface area (Å²) < 4.78 is 0. The highest BCUT2D eigenvalue weighted by atomic mass is 16.2. The molecule has 0 unspecified atom stereocenters. The molecule has 0 bridgehead atoms. The van der Waals surface area contributed by atoms with Crippen LogP contribution >= 0.6 is 0 Å². The Labute approximate surface area is 146 Å². The molecule has 1 heterocycles. The fraction of sp³-hybridized carbons (Fsp3) is 0.650. The molecule has 3 N–H and O–H groups in total. The lowest BCUT2D eigenvalue weighted by Gasteiger charge is -2.35. The summed E-state index contributed by atoms with van der Waals surface area (Å²) in [6.07, 6.45) is 1.94. The highest BCUT2D eigenvalue weighted by Crippen LogP contribution is 2.26. The van der Waals surface area contributed by atoms with Crippen LogP contribution in [0.5, 0.6) is 0 Å². The maximum absolute atomic E-state index is 12.1. The van der Waals surface area contributed by atoms with Crippen molar-refractivity contribution in [1.82, 2.24) is 5.32 Å². The average molecular weight is 332 g/mol. The predicted octanol–water partition coefficient (Wildman–Crippen LogP) is 3.05. The smallest absolute Gasteiger partial charge is 0.237 e. The van der Waals surface area contributed by atoms with E-state index >= 15 is 0 Å². The minimum absolute atomic E-state index is 0.0158. The molecular weight excluding hydrogens is 298 g/mol. The number of hydrogen-bond donors (Lipinski definition) is 2. The molecule has 1 aromatic carbocycles. The molecule has 2 rings (SSSR count). The van der Waals surface area contributed by atoms with Gasteiger partial charge < -0.3 is 16.0 Å². The van der Waals surface area contributed by atoms with Gasteiger partial charge in [-0.2, -0.15) is 0 Å². The molecule has 0 spiro atoms. The van der Waals surface area contributed by atoms with E-state index in [0.29, 0.717) is 0 Å². The molecule has 0 aromatic heterocycles. The molecule has 4 heteroatoms. The zero-order valence-electron chi connectivity index (χ0n) is 15.8. The lowest BCUT2D eigenvalue weighted by Crippen LogP contribution is -2.51. The van der Waals surface area contributed by atoms with E-state index in [-0.39, 0.29) is 23.3 Å². The van der Waals surface area contributed by atoms with E-state index in [4.69, 9.17) is 5.73 Å². The van der Waals surface area contributed by atoms with Gasteiger partial charge in [0.2, 0.25) is 5.91 Å². The monoisotopic (exact) mass is 331 g/mol.